The molecule has 0 saturated heterocycles. The van der Waals surface area contributed by atoms with Gasteiger partial charge in [-0.15, -0.1) is 0 Å². The van der Waals surface area contributed by atoms with Gasteiger partial charge in [0.1, 0.15) is 0 Å². The number of nitrogens with zero attached hydrogens (tertiary/aromatic N) is 2. The molecule has 3 heteroatoms. The Morgan fingerprint density at radius 1 is 1.31 bits per heavy atom. The van der Waals surface area contributed by atoms with Gasteiger partial charge in [-0.3, -0.25) is 9.36 Å². The van der Waals surface area contributed by atoms with Crippen LogP contribution in [0.15, 0.2) is 30.5 Å². The number of rotatable bonds is 2. The zero-order valence-electron chi connectivity index (χ0n) is 9.90. The standard InChI is InChI=1S/C13H16N2O/c1-10(16)15-9-11(8-14(2)3)12-6-4-5-7-13(12)15/h4-7,9H,8H2,1-3H3. The predicted molar refractivity (Wildman–Crippen MR) is 65.6 cm³/mol. The van der Waals surface area contributed by atoms with E-state index in [1.807, 2.05) is 38.5 Å². The largest absolute Gasteiger partial charge is 0.305 e. The molecule has 0 spiro atoms. The fourth-order valence-electron chi connectivity index (χ4n) is 1.98. The maximum Gasteiger partial charge on any atom is 0.227 e. The molecular formula is C13H16N2O. The second kappa shape index (κ2) is 4.10. The van der Waals surface area contributed by atoms with E-state index in [0.717, 1.165) is 17.4 Å². The molecule has 16 heavy (non-hydrogen) atoms. The molecule has 0 aliphatic rings. The Hall–Kier alpha value is -1.61. The number of hydrogen-bond donors (Lipinski definition) is 0. The number of para-hydroxylation sites is 1. The molecule has 1 aromatic heterocycles. The highest BCUT2D eigenvalue weighted by Gasteiger charge is 2.10. The number of aromatic nitrogens is 1. The summed E-state index contributed by atoms with van der Waals surface area (Å²) in [5.74, 6) is 0.0567. The maximum atomic E-state index is 11.5. The van der Waals surface area contributed by atoms with Gasteiger partial charge in [0.15, 0.2) is 0 Å². The van der Waals surface area contributed by atoms with Crippen LogP contribution in [-0.2, 0) is 6.54 Å². The van der Waals surface area contributed by atoms with Gasteiger partial charge in [0.05, 0.1) is 5.52 Å². The van der Waals surface area contributed by atoms with Gasteiger partial charge in [0.2, 0.25) is 5.91 Å². The fourth-order valence-corrected chi connectivity index (χ4v) is 1.98. The topological polar surface area (TPSA) is 25.2 Å². The van der Waals surface area contributed by atoms with Crippen LogP contribution in [-0.4, -0.2) is 29.5 Å². The van der Waals surface area contributed by atoms with Crippen LogP contribution in [0.2, 0.25) is 0 Å². The van der Waals surface area contributed by atoms with Gasteiger partial charge in [-0.1, -0.05) is 18.2 Å². The van der Waals surface area contributed by atoms with Crippen molar-refractivity contribution >= 4 is 16.8 Å². The summed E-state index contributed by atoms with van der Waals surface area (Å²) in [6.07, 6.45) is 1.94. The number of fused-ring (bicyclic) bond motifs is 1. The molecule has 0 unspecified atom stereocenters. The number of hydrogen-bond acceptors (Lipinski definition) is 2. The molecule has 0 bridgehead atoms. The summed E-state index contributed by atoms with van der Waals surface area (Å²) in [6, 6.07) is 8.01. The highest BCUT2D eigenvalue weighted by molar-refractivity contribution is 5.93. The lowest BCUT2D eigenvalue weighted by Crippen LogP contribution is -2.10. The Morgan fingerprint density at radius 2 is 2.00 bits per heavy atom. The van der Waals surface area contributed by atoms with Crippen LogP contribution in [0.4, 0.5) is 0 Å². The summed E-state index contributed by atoms with van der Waals surface area (Å²) in [4.78, 5) is 13.6. The SMILES string of the molecule is CC(=O)n1cc(CN(C)C)c2ccccc21. The smallest absolute Gasteiger partial charge is 0.227 e. The first-order chi connectivity index (χ1) is 7.59. The molecule has 0 aliphatic carbocycles. The molecule has 2 aromatic rings. The number of carbonyl (C=O) groups excluding carboxylic acids is 1. The Morgan fingerprint density at radius 3 is 2.62 bits per heavy atom. The maximum absolute atomic E-state index is 11.5. The van der Waals surface area contributed by atoms with Crippen molar-refractivity contribution < 1.29 is 4.79 Å². The molecule has 0 radical (unpaired) electrons. The molecule has 0 atom stereocenters. The highest BCUT2D eigenvalue weighted by atomic mass is 16.1. The first-order valence-corrected chi connectivity index (χ1v) is 5.34. The average molecular weight is 216 g/mol. The summed E-state index contributed by atoms with van der Waals surface area (Å²) in [5.41, 5.74) is 2.18. The Bertz CT molecular complexity index is 526. The van der Waals surface area contributed by atoms with Crippen molar-refractivity contribution in [2.75, 3.05) is 14.1 Å². The van der Waals surface area contributed by atoms with Crippen molar-refractivity contribution in [1.29, 1.82) is 0 Å². The normalized spacial score (nSPS) is 11.2. The number of carbonyl (C=O) groups is 1. The predicted octanol–water partition coefficient (Wildman–Crippen LogP) is 2.36. The van der Waals surface area contributed by atoms with Crippen LogP contribution < -0.4 is 0 Å². The van der Waals surface area contributed by atoms with Gasteiger partial charge in [-0.25, -0.2) is 0 Å². The third kappa shape index (κ3) is 1.86. The molecular weight excluding hydrogens is 200 g/mol. The Kier molecular flexibility index (Phi) is 2.79. The second-order valence-corrected chi connectivity index (χ2v) is 4.30. The van der Waals surface area contributed by atoms with E-state index in [4.69, 9.17) is 0 Å². The van der Waals surface area contributed by atoms with Crippen LogP contribution >= 0.6 is 0 Å². The third-order valence-electron chi connectivity index (χ3n) is 2.62. The van der Waals surface area contributed by atoms with E-state index in [-0.39, 0.29) is 5.91 Å². The van der Waals surface area contributed by atoms with E-state index in [0.29, 0.717) is 0 Å². The molecule has 0 amide bonds. The van der Waals surface area contributed by atoms with Crippen molar-refractivity contribution in [2.24, 2.45) is 0 Å². The molecule has 3 nitrogen and oxygen atoms in total. The molecule has 1 aromatic carbocycles. The van der Waals surface area contributed by atoms with E-state index in [9.17, 15) is 4.79 Å². The van der Waals surface area contributed by atoms with Gasteiger partial charge in [0.25, 0.3) is 0 Å². The first-order valence-electron chi connectivity index (χ1n) is 5.34. The van der Waals surface area contributed by atoms with Crippen LogP contribution in [0.3, 0.4) is 0 Å². The van der Waals surface area contributed by atoms with Gasteiger partial charge >= 0.3 is 0 Å². The third-order valence-corrected chi connectivity index (χ3v) is 2.62. The van der Waals surface area contributed by atoms with Crippen LogP contribution in [0.5, 0.6) is 0 Å². The van der Waals surface area contributed by atoms with E-state index >= 15 is 0 Å². The van der Waals surface area contributed by atoms with Crippen molar-refractivity contribution in [2.45, 2.75) is 13.5 Å². The zero-order chi connectivity index (χ0) is 11.7. The quantitative estimate of drug-likeness (QED) is 0.770. The summed E-state index contributed by atoms with van der Waals surface area (Å²) in [5, 5.41) is 1.16. The molecule has 84 valence electrons. The van der Waals surface area contributed by atoms with Crippen molar-refractivity contribution in [3.63, 3.8) is 0 Å². The monoisotopic (exact) mass is 216 g/mol. The van der Waals surface area contributed by atoms with Gasteiger partial charge in [-0.05, 0) is 25.7 Å². The molecule has 0 aliphatic heterocycles. The van der Waals surface area contributed by atoms with Crippen molar-refractivity contribution in [1.82, 2.24) is 9.47 Å². The minimum Gasteiger partial charge on any atom is -0.305 e. The Labute approximate surface area is 95.3 Å². The van der Waals surface area contributed by atoms with Gasteiger partial charge in [-0.2, -0.15) is 0 Å². The lowest BCUT2D eigenvalue weighted by molar-refractivity contribution is 0.0941. The summed E-state index contributed by atoms with van der Waals surface area (Å²) < 4.78 is 1.72. The molecule has 1 heterocycles. The lowest BCUT2D eigenvalue weighted by atomic mass is 10.2. The summed E-state index contributed by atoms with van der Waals surface area (Å²) >= 11 is 0. The van der Waals surface area contributed by atoms with Gasteiger partial charge in [0, 0.05) is 25.1 Å². The van der Waals surface area contributed by atoms with E-state index in [1.54, 1.807) is 11.5 Å². The molecule has 2 rings (SSSR count). The fraction of sp³-hybridized carbons (Fsp3) is 0.308. The van der Waals surface area contributed by atoms with Crippen LogP contribution in [0, 0.1) is 0 Å². The lowest BCUT2D eigenvalue weighted by Gasteiger charge is -2.07. The number of benzene rings is 1. The summed E-state index contributed by atoms with van der Waals surface area (Å²) in [6.45, 7) is 2.44. The minimum absolute atomic E-state index is 0.0567. The molecule has 0 fully saturated rings. The Balaban J connectivity index is 2.62. The first kappa shape index (κ1) is 10.9. The highest BCUT2D eigenvalue weighted by Crippen LogP contribution is 2.21. The van der Waals surface area contributed by atoms with E-state index in [1.165, 1.54) is 5.56 Å². The zero-order valence-corrected chi connectivity index (χ0v) is 9.90. The molecule has 0 saturated carbocycles. The molecule has 0 N–H and O–H groups in total. The van der Waals surface area contributed by atoms with Crippen LogP contribution in [0.25, 0.3) is 10.9 Å². The van der Waals surface area contributed by atoms with E-state index < -0.39 is 0 Å². The summed E-state index contributed by atoms with van der Waals surface area (Å²) in [7, 11) is 4.06. The average Bonchev–Trinajstić information content (AvgIpc) is 2.57. The van der Waals surface area contributed by atoms with Crippen LogP contribution in [0.1, 0.15) is 17.3 Å². The van der Waals surface area contributed by atoms with Crippen molar-refractivity contribution in [3.05, 3.63) is 36.0 Å². The van der Waals surface area contributed by atoms with Gasteiger partial charge < -0.3 is 4.90 Å². The van der Waals surface area contributed by atoms with E-state index in [2.05, 4.69) is 11.0 Å². The minimum atomic E-state index is 0.0567. The van der Waals surface area contributed by atoms with Crippen molar-refractivity contribution in [3.8, 4) is 0 Å². The second-order valence-electron chi connectivity index (χ2n) is 4.30.